The summed E-state index contributed by atoms with van der Waals surface area (Å²) >= 11 is 0. The number of hydrogen-bond donors (Lipinski definition) is 2. The molecule has 5 heteroatoms. The topological polar surface area (TPSA) is 67.8 Å². The molecule has 26 heavy (non-hydrogen) atoms. The molecule has 2 N–H and O–H groups in total. The smallest absolute Gasteiger partial charge is 0.217 e. The van der Waals surface area contributed by atoms with Crippen molar-refractivity contribution in [3.05, 3.63) is 23.8 Å². The van der Waals surface area contributed by atoms with Crippen molar-refractivity contribution in [3.63, 3.8) is 0 Å². The lowest BCUT2D eigenvalue weighted by molar-refractivity contribution is -0.136. The third kappa shape index (κ3) is 2.36. The zero-order valence-electron chi connectivity index (χ0n) is 16.0. The van der Waals surface area contributed by atoms with Crippen molar-refractivity contribution in [2.45, 2.75) is 52.2 Å². The van der Waals surface area contributed by atoms with Crippen molar-refractivity contribution in [1.82, 2.24) is 5.32 Å². The summed E-state index contributed by atoms with van der Waals surface area (Å²) in [6.07, 6.45) is 3.26. The first-order valence-corrected chi connectivity index (χ1v) is 9.55. The summed E-state index contributed by atoms with van der Waals surface area (Å²) in [6, 6.07) is 5.69. The Balaban J connectivity index is 1.71. The molecule has 2 aliphatic carbocycles. The number of phenols is 1. The van der Waals surface area contributed by atoms with Crippen LogP contribution in [0.15, 0.2) is 18.2 Å². The first-order valence-electron chi connectivity index (χ1n) is 9.55. The first kappa shape index (κ1) is 17.7. The van der Waals surface area contributed by atoms with E-state index in [2.05, 4.69) is 19.2 Å². The van der Waals surface area contributed by atoms with E-state index in [9.17, 15) is 9.90 Å². The molecule has 4 rings (SSSR count). The van der Waals surface area contributed by atoms with Crippen LogP contribution in [-0.4, -0.2) is 30.8 Å². The summed E-state index contributed by atoms with van der Waals surface area (Å²) < 4.78 is 11.5. The highest BCUT2D eigenvalue weighted by atomic mass is 16.5. The highest BCUT2D eigenvalue weighted by Crippen LogP contribution is 2.70. The van der Waals surface area contributed by atoms with Crippen LogP contribution in [0.4, 0.5) is 0 Å². The number of phenolic OH excluding ortho intramolecular Hbond substituents is 1. The van der Waals surface area contributed by atoms with Gasteiger partial charge in [-0.3, -0.25) is 4.79 Å². The molecule has 0 unspecified atom stereocenters. The van der Waals surface area contributed by atoms with E-state index in [0.717, 1.165) is 24.8 Å². The van der Waals surface area contributed by atoms with Crippen LogP contribution in [0.3, 0.4) is 0 Å². The van der Waals surface area contributed by atoms with Crippen molar-refractivity contribution in [2.75, 3.05) is 13.7 Å². The molecule has 1 amide bonds. The molecule has 1 spiro atoms. The average Bonchev–Trinajstić information content (AvgIpc) is 3.08. The second-order valence-electron chi connectivity index (χ2n) is 8.90. The van der Waals surface area contributed by atoms with Crippen LogP contribution in [0.1, 0.15) is 51.7 Å². The van der Waals surface area contributed by atoms with Gasteiger partial charge in [0.05, 0.1) is 13.2 Å². The van der Waals surface area contributed by atoms with Crippen molar-refractivity contribution in [3.8, 4) is 11.5 Å². The van der Waals surface area contributed by atoms with E-state index >= 15 is 0 Å². The monoisotopic (exact) mass is 359 g/mol. The number of fused-ring (bicyclic) bond motifs is 1. The molecule has 2 bridgehead atoms. The number of ether oxygens (including phenoxy) is 2. The van der Waals surface area contributed by atoms with Crippen molar-refractivity contribution >= 4 is 5.91 Å². The van der Waals surface area contributed by atoms with Crippen molar-refractivity contribution in [2.24, 2.45) is 22.7 Å². The molecule has 3 aliphatic rings. The molecule has 1 aliphatic heterocycles. The predicted molar refractivity (Wildman–Crippen MR) is 98.0 cm³/mol. The summed E-state index contributed by atoms with van der Waals surface area (Å²) in [4.78, 5) is 11.9. The van der Waals surface area contributed by atoms with Crippen molar-refractivity contribution in [1.29, 1.82) is 0 Å². The summed E-state index contributed by atoms with van der Waals surface area (Å²) in [6.45, 7) is 6.92. The Bertz CT molecular complexity index is 731. The summed E-state index contributed by atoms with van der Waals surface area (Å²) in [5, 5.41) is 13.2. The predicted octanol–water partition coefficient (Wildman–Crippen LogP) is 3.42. The maximum Gasteiger partial charge on any atom is 0.217 e. The molecule has 142 valence electrons. The van der Waals surface area contributed by atoms with Crippen LogP contribution in [0.25, 0.3) is 0 Å². The van der Waals surface area contributed by atoms with Gasteiger partial charge in [-0.25, -0.2) is 0 Å². The molecule has 3 fully saturated rings. The maximum atomic E-state index is 11.9. The molecule has 0 radical (unpaired) electrons. The maximum absolute atomic E-state index is 11.9. The normalized spacial score (nSPS) is 37.2. The molecule has 5 nitrogen and oxygen atoms in total. The molecular formula is C21H29NO4. The van der Waals surface area contributed by atoms with Gasteiger partial charge in [-0.1, -0.05) is 19.9 Å². The zero-order valence-corrected chi connectivity index (χ0v) is 16.0. The Morgan fingerprint density at radius 3 is 2.85 bits per heavy atom. The second-order valence-corrected chi connectivity index (χ2v) is 8.90. The van der Waals surface area contributed by atoms with E-state index in [1.165, 1.54) is 0 Å². The van der Waals surface area contributed by atoms with Crippen LogP contribution in [-0.2, 0) is 9.53 Å². The quantitative estimate of drug-likeness (QED) is 0.868. The number of methoxy groups -OCH3 is 1. The number of amides is 1. The van der Waals surface area contributed by atoms with Crippen LogP contribution < -0.4 is 10.1 Å². The zero-order chi connectivity index (χ0) is 18.7. The summed E-state index contributed by atoms with van der Waals surface area (Å²) in [7, 11) is 1.56. The van der Waals surface area contributed by atoms with Gasteiger partial charge in [0.2, 0.25) is 5.91 Å². The molecule has 0 aromatic heterocycles. The highest BCUT2D eigenvalue weighted by molar-refractivity contribution is 5.73. The standard InChI is InChI=1S/C21H29NO4/c1-12(23)22-19-20(2,3)14-10-15-18(26-8-7-21(15,19)11-14)13-5-6-16(24)17(9-13)25-4/h5-6,9,14-15,18-19,24H,7-8,10-11H2,1-4H3,(H,22,23)/t14-,15-,18-,19+,21-/m1/s1. The van der Waals surface area contributed by atoms with Gasteiger partial charge in [-0.2, -0.15) is 0 Å². The first-order chi connectivity index (χ1) is 12.3. The van der Waals surface area contributed by atoms with Gasteiger partial charge in [0.25, 0.3) is 0 Å². The summed E-state index contributed by atoms with van der Waals surface area (Å²) in [5.74, 6) is 1.64. The average molecular weight is 359 g/mol. The Morgan fingerprint density at radius 2 is 2.15 bits per heavy atom. The fourth-order valence-corrected chi connectivity index (χ4v) is 6.19. The third-order valence-electron chi connectivity index (χ3n) is 7.38. The minimum absolute atomic E-state index is 0.0180. The third-order valence-corrected chi connectivity index (χ3v) is 7.38. The summed E-state index contributed by atoms with van der Waals surface area (Å²) in [5.41, 5.74) is 1.25. The Kier molecular flexibility index (Phi) is 3.99. The molecule has 1 heterocycles. The minimum Gasteiger partial charge on any atom is -0.504 e. The van der Waals surface area contributed by atoms with Crippen molar-refractivity contribution < 1.29 is 19.4 Å². The van der Waals surface area contributed by atoms with Crippen LogP contribution >= 0.6 is 0 Å². The number of nitrogens with one attached hydrogen (secondary N) is 1. The van der Waals surface area contributed by atoms with Gasteiger partial charge in [-0.05, 0) is 59.6 Å². The van der Waals surface area contributed by atoms with Gasteiger partial charge in [0, 0.05) is 19.6 Å². The second kappa shape index (κ2) is 5.88. The minimum atomic E-state index is -0.0180. The van der Waals surface area contributed by atoms with Gasteiger partial charge in [-0.15, -0.1) is 0 Å². The van der Waals surface area contributed by atoms with Gasteiger partial charge in [0.1, 0.15) is 0 Å². The molecule has 2 saturated carbocycles. The van der Waals surface area contributed by atoms with Crippen LogP contribution in [0.5, 0.6) is 11.5 Å². The lowest BCUT2D eigenvalue weighted by atomic mass is 9.59. The molecule has 1 aromatic rings. The lowest BCUT2D eigenvalue weighted by Gasteiger charge is -2.53. The fraction of sp³-hybridized carbons (Fsp3) is 0.667. The largest absolute Gasteiger partial charge is 0.504 e. The SMILES string of the molecule is COc1cc([C@H]2OCC[C@@]34C[C@@H](C[C@H]23)C(C)(C)[C@@H]4NC(C)=O)ccc1O. The van der Waals surface area contributed by atoms with E-state index in [1.807, 2.05) is 12.1 Å². The number of carbonyl (C=O) groups is 1. The van der Waals surface area contributed by atoms with E-state index in [-0.39, 0.29) is 34.6 Å². The Labute approximate surface area is 155 Å². The fourth-order valence-electron chi connectivity index (χ4n) is 6.19. The van der Waals surface area contributed by atoms with E-state index in [0.29, 0.717) is 24.2 Å². The van der Waals surface area contributed by atoms with Gasteiger partial charge >= 0.3 is 0 Å². The van der Waals surface area contributed by atoms with Crippen LogP contribution in [0, 0.1) is 22.7 Å². The number of aromatic hydroxyl groups is 1. The molecule has 1 aromatic carbocycles. The lowest BCUT2D eigenvalue weighted by Crippen LogP contribution is -2.58. The van der Waals surface area contributed by atoms with Gasteiger partial charge < -0.3 is 19.9 Å². The Hall–Kier alpha value is -1.75. The van der Waals surface area contributed by atoms with Crippen LogP contribution in [0.2, 0.25) is 0 Å². The Morgan fingerprint density at radius 1 is 1.38 bits per heavy atom. The number of hydrogen-bond acceptors (Lipinski definition) is 4. The van der Waals surface area contributed by atoms with E-state index in [4.69, 9.17) is 9.47 Å². The van der Waals surface area contributed by atoms with E-state index in [1.54, 1.807) is 20.1 Å². The number of carbonyl (C=O) groups excluding carboxylic acids is 1. The molecular weight excluding hydrogens is 330 g/mol. The number of benzene rings is 1. The molecule has 1 saturated heterocycles. The van der Waals surface area contributed by atoms with Gasteiger partial charge in [0.15, 0.2) is 11.5 Å². The van der Waals surface area contributed by atoms with E-state index < -0.39 is 0 Å². The highest BCUT2D eigenvalue weighted by Gasteiger charge is 2.68. The number of rotatable bonds is 3. The molecule has 5 atom stereocenters.